The Morgan fingerprint density at radius 1 is 1.00 bits per heavy atom. The Morgan fingerprint density at radius 3 is 2.19 bits per heavy atom. The van der Waals surface area contributed by atoms with Gasteiger partial charge in [-0.15, -0.1) is 0 Å². The molecule has 0 amide bonds. The second kappa shape index (κ2) is 8.41. The number of hydrogen-bond acceptors (Lipinski definition) is 5. The van der Waals surface area contributed by atoms with Crippen molar-refractivity contribution in [2.75, 3.05) is 12.8 Å². The Morgan fingerprint density at radius 2 is 1.63 bits per heavy atom. The summed E-state index contributed by atoms with van der Waals surface area (Å²) < 4.78 is 55.1. The summed E-state index contributed by atoms with van der Waals surface area (Å²) in [5.74, 6) is 0.285. The molecule has 0 fully saturated rings. The normalized spacial score (nSPS) is 12.5. The lowest BCUT2D eigenvalue weighted by atomic mass is 10.2. The third kappa shape index (κ3) is 6.34. The fourth-order valence-corrected chi connectivity index (χ4v) is 4.63. The zero-order chi connectivity index (χ0) is 20.2. The third-order valence-corrected chi connectivity index (χ3v) is 6.05. The van der Waals surface area contributed by atoms with Crippen LogP contribution in [-0.2, 0) is 26.7 Å². The Balaban J connectivity index is 2.34. The number of hydrogen-bond donors (Lipinski definition) is 0. The van der Waals surface area contributed by atoms with Crippen molar-refractivity contribution in [3.63, 3.8) is 0 Å². The number of aryl methyl sites for hydroxylation is 1. The fourth-order valence-electron chi connectivity index (χ4n) is 2.59. The van der Waals surface area contributed by atoms with Gasteiger partial charge in [0, 0.05) is 13.1 Å². The summed E-state index contributed by atoms with van der Waals surface area (Å²) in [5.41, 5.74) is 1.63. The Labute approximate surface area is 162 Å². The first-order chi connectivity index (χ1) is 12.5. The standard InChI is InChI=1S/C19H25NO5S2/c1-15(2)13-20(27(23,24)19-10-8-16(3)9-11-19)14-17-6-5-7-18(12-17)25-26(4,21)22/h5-12,15H,13-14H2,1-4H3. The maximum absolute atomic E-state index is 13.1. The first-order valence-corrected chi connectivity index (χ1v) is 11.8. The topological polar surface area (TPSA) is 80.8 Å². The molecule has 2 aromatic carbocycles. The monoisotopic (exact) mass is 411 g/mol. The fraction of sp³-hybridized carbons (Fsp3) is 0.368. The van der Waals surface area contributed by atoms with E-state index in [-0.39, 0.29) is 23.1 Å². The van der Waals surface area contributed by atoms with Crippen molar-refractivity contribution in [1.29, 1.82) is 0 Å². The molecule has 0 radical (unpaired) electrons. The van der Waals surface area contributed by atoms with Gasteiger partial charge in [0.2, 0.25) is 10.0 Å². The molecular weight excluding hydrogens is 386 g/mol. The highest BCUT2D eigenvalue weighted by Crippen LogP contribution is 2.22. The van der Waals surface area contributed by atoms with Crippen LogP contribution in [0.25, 0.3) is 0 Å². The number of sulfonamides is 1. The van der Waals surface area contributed by atoms with Crippen molar-refractivity contribution in [2.45, 2.75) is 32.2 Å². The predicted molar refractivity (Wildman–Crippen MR) is 106 cm³/mol. The van der Waals surface area contributed by atoms with Gasteiger partial charge in [0.05, 0.1) is 11.2 Å². The van der Waals surface area contributed by atoms with E-state index in [0.29, 0.717) is 12.1 Å². The average molecular weight is 412 g/mol. The third-order valence-electron chi connectivity index (χ3n) is 3.73. The molecule has 0 bridgehead atoms. The van der Waals surface area contributed by atoms with Crippen molar-refractivity contribution in [2.24, 2.45) is 5.92 Å². The smallest absolute Gasteiger partial charge is 0.306 e. The van der Waals surface area contributed by atoms with Crippen LogP contribution in [-0.4, -0.2) is 33.9 Å². The second-order valence-electron chi connectivity index (χ2n) is 6.94. The molecule has 2 aromatic rings. The summed E-state index contributed by atoms with van der Waals surface area (Å²) in [6.45, 7) is 6.25. The lowest BCUT2D eigenvalue weighted by Gasteiger charge is -2.24. The molecule has 0 heterocycles. The highest BCUT2D eigenvalue weighted by molar-refractivity contribution is 7.89. The van der Waals surface area contributed by atoms with E-state index < -0.39 is 20.1 Å². The molecular formula is C19H25NO5S2. The van der Waals surface area contributed by atoms with Crippen LogP contribution in [0.15, 0.2) is 53.4 Å². The highest BCUT2D eigenvalue weighted by atomic mass is 32.2. The van der Waals surface area contributed by atoms with E-state index in [1.54, 1.807) is 42.5 Å². The van der Waals surface area contributed by atoms with E-state index in [1.807, 2.05) is 20.8 Å². The molecule has 0 saturated carbocycles. The van der Waals surface area contributed by atoms with Gasteiger partial charge in [-0.25, -0.2) is 8.42 Å². The van der Waals surface area contributed by atoms with Gasteiger partial charge in [0.15, 0.2) is 0 Å². The minimum Gasteiger partial charge on any atom is -0.383 e. The van der Waals surface area contributed by atoms with Crippen LogP contribution >= 0.6 is 0 Å². The van der Waals surface area contributed by atoms with Crippen LogP contribution in [0.3, 0.4) is 0 Å². The molecule has 0 unspecified atom stereocenters. The van der Waals surface area contributed by atoms with E-state index in [9.17, 15) is 16.8 Å². The molecule has 6 nitrogen and oxygen atoms in total. The Hall–Kier alpha value is -1.90. The lowest BCUT2D eigenvalue weighted by Crippen LogP contribution is -2.33. The van der Waals surface area contributed by atoms with Gasteiger partial charge >= 0.3 is 10.1 Å². The first kappa shape index (κ1) is 21.4. The number of benzene rings is 2. The second-order valence-corrected chi connectivity index (χ2v) is 10.5. The summed E-state index contributed by atoms with van der Waals surface area (Å²) in [4.78, 5) is 0.234. The quantitative estimate of drug-likeness (QED) is 0.623. The molecule has 0 N–H and O–H groups in total. The van der Waals surface area contributed by atoms with Crippen LogP contribution < -0.4 is 4.18 Å². The summed E-state index contributed by atoms with van der Waals surface area (Å²) >= 11 is 0. The Bertz CT molecular complexity index is 981. The molecule has 0 aromatic heterocycles. The van der Waals surface area contributed by atoms with Gasteiger partial charge in [0.1, 0.15) is 5.75 Å². The van der Waals surface area contributed by atoms with Crippen molar-refractivity contribution in [3.8, 4) is 5.75 Å². The zero-order valence-corrected chi connectivity index (χ0v) is 17.5. The first-order valence-electron chi connectivity index (χ1n) is 8.52. The molecule has 0 aliphatic carbocycles. The van der Waals surface area contributed by atoms with E-state index in [2.05, 4.69) is 0 Å². The van der Waals surface area contributed by atoms with Crippen molar-refractivity contribution < 1.29 is 21.0 Å². The van der Waals surface area contributed by atoms with Crippen molar-refractivity contribution in [1.82, 2.24) is 4.31 Å². The number of rotatable bonds is 8. The van der Waals surface area contributed by atoms with Gasteiger partial charge < -0.3 is 4.18 Å². The van der Waals surface area contributed by atoms with E-state index in [4.69, 9.17) is 4.18 Å². The molecule has 2 rings (SSSR count). The molecule has 0 aliphatic rings. The molecule has 0 aliphatic heterocycles. The molecule has 27 heavy (non-hydrogen) atoms. The van der Waals surface area contributed by atoms with Crippen LogP contribution in [0.5, 0.6) is 5.75 Å². The summed E-state index contributed by atoms with van der Waals surface area (Å²) in [5, 5.41) is 0. The van der Waals surface area contributed by atoms with Crippen LogP contribution in [0, 0.1) is 12.8 Å². The van der Waals surface area contributed by atoms with E-state index in [1.165, 1.54) is 10.4 Å². The minimum atomic E-state index is -3.68. The Kier molecular flexibility index (Phi) is 6.67. The average Bonchev–Trinajstić information content (AvgIpc) is 2.53. The zero-order valence-electron chi connectivity index (χ0n) is 15.9. The summed E-state index contributed by atoms with van der Waals surface area (Å²) in [6.07, 6.45) is 0.965. The predicted octanol–water partition coefficient (Wildman–Crippen LogP) is 3.18. The minimum absolute atomic E-state index is 0.120. The highest BCUT2D eigenvalue weighted by Gasteiger charge is 2.25. The van der Waals surface area contributed by atoms with Crippen LogP contribution in [0.4, 0.5) is 0 Å². The van der Waals surface area contributed by atoms with Gasteiger partial charge in [-0.05, 0) is 42.7 Å². The lowest BCUT2D eigenvalue weighted by molar-refractivity contribution is 0.361. The summed E-state index contributed by atoms with van der Waals surface area (Å²) in [6, 6.07) is 13.2. The van der Waals surface area contributed by atoms with Crippen molar-refractivity contribution in [3.05, 3.63) is 59.7 Å². The van der Waals surface area contributed by atoms with Gasteiger partial charge in [-0.2, -0.15) is 12.7 Å². The van der Waals surface area contributed by atoms with Gasteiger partial charge in [-0.3, -0.25) is 0 Å². The van der Waals surface area contributed by atoms with E-state index >= 15 is 0 Å². The van der Waals surface area contributed by atoms with Gasteiger partial charge in [0.25, 0.3) is 0 Å². The SMILES string of the molecule is Cc1ccc(S(=O)(=O)N(Cc2cccc(OS(C)(=O)=O)c2)CC(C)C)cc1. The van der Waals surface area contributed by atoms with Crippen molar-refractivity contribution >= 4 is 20.1 Å². The van der Waals surface area contributed by atoms with Gasteiger partial charge in [-0.1, -0.05) is 43.7 Å². The van der Waals surface area contributed by atoms with Crippen LogP contribution in [0.1, 0.15) is 25.0 Å². The van der Waals surface area contributed by atoms with E-state index in [0.717, 1.165) is 11.8 Å². The van der Waals surface area contributed by atoms with Crippen LogP contribution in [0.2, 0.25) is 0 Å². The number of nitrogens with zero attached hydrogens (tertiary/aromatic N) is 1. The molecule has 0 atom stereocenters. The molecule has 8 heteroatoms. The summed E-state index contributed by atoms with van der Waals surface area (Å²) in [7, 11) is -7.33. The maximum atomic E-state index is 13.1. The maximum Gasteiger partial charge on any atom is 0.306 e. The molecule has 148 valence electrons. The molecule has 0 saturated heterocycles. The molecule has 0 spiro atoms. The largest absolute Gasteiger partial charge is 0.383 e.